The third kappa shape index (κ3) is 6.45. The van der Waals surface area contributed by atoms with E-state index in [2.05, 4.69) is 16.9 Å². The van der Waals surface area contributed by atoms with Crippen molar-refractivity contribution in [3.8, 4) is 0 Å². The van der Waals surface area contributed by atoms with E-state index in [4.69, 9.17) is 16.2 Å². The SMILES string of the molecule is C=C1CCC(Nc2ccc(C(N)=NC)c(F)c2)CC(OCC(C(=O)C2CC2)=C(N)c2c(F)cccc2F)C1. The molecular weight excluding hydrogens is 493 g/mol. The fraction of sp³-hybridized carbons (Fsp3) is 0.379. The van der Waals surface area contributed by atoms with E-state index < -0.39 is 23.0 Å². The molecule has 2 aromatic carbocycles. The number of benzene rings is 2. The zero-order chi connectivity index (χ0) is 27.4. The second-order valence-corrected chi connectivity index (χ2v) is 9.93. The van der Waals surface area contributed by atoms with Gasteiger partial charge in [0.25, 0.3) is 0 Å². The normalized spacial score (nSPS) is 21.1. The molecule has 2 atom stereocenters. The Hall–Kier alpha value is -3.59. The Morgan fingerprint density at radius 2 is 1.82 bits per heavy atom. The van der Waals surface area contributed by atoms with Gasteiger partial charge in [-0.25, -0.2) is 13.2 Å². The summed E-state index contributed by atoms with van der Waals surface area (Å²) < 4.78 is 49.6. The molecule has 9 heteroatoms. The lowest BCUT2D eigenvalue weighted by atomic mass is 10.00. The van der Waals surface area contributed by atoms with Crippen molar-refractivity contribution >= 4 is 23.0 Å². The maximum absolute atomic E-state index is 14.5. The van der Waals surface area contributed by atoms with Crippen molar-refractivity contribution < 1.29 is 22.7 Å². The number of hydrogen-bond acceptors (Lipinski definition) is 5. The number of ether oxygens (including phenoxy) is 1. The summed E-state index contributed by atoms with van der Waals surface area (Å²) in [6.07, 6.45) is 3.73. The van der Waals surface area contributed by atoms with Crippen LogP contribution in [0.2, 0.25) is 0 Å². The fourth-order valence-corrected chi connectivity index (χ4v) is 4.73. The Balaban J connectivity index is 1.51. The van der Waals surface area contributed by atoms with Crippen LogP contribution >= 0.6 is 0 Å². The number of carbonyl (C=O) groups excluding carboxylic acids is 1. The van der Waals surface area contributed by atoms with Crippen molar-refractivity contribution in [3.05, 3.63) is 82.7 Å². The fourth-order valence-electron chi connectivity index (χ4n) is 4.73. The van der Waals surface area contributed by atoms with Gasteiger partial charge in [-0.05, 0) is 68.9 Å². The van der Waals surface area contributed by atoms with Crippen molar-refractivity contribution in [3.63, 3.8) is 0 Å². The van der Waals surface area contributed by atoms with Crippen molar-refractivity contribution in [1.29, 1.82) is 0 Å². The summed E-state index contributed by atoms with van der Waals surface area (Å²) in [5.41, 5.74) is 13.2. The molecule has 5 N–H and O–H groups in total. The smallest absolute Gasteiger partial charge is 0.166 e. The average molecular weight is 527 g/mol. The third-order valence-electron chi connectivity index (χ3n) is 7.03. The second kappa shape index (κ2) is 11.9. The van der Waals surface area contributed by atoms with Crippen LogP contribution in [0.15, 0.2) is 59.1 Å². The number of nitrogens with zero attached hydrogens (tertiary/aromatic N) is 1. The van der Waals surface area contributed by atoms with Crippen molar-refractivity contribution in [2.75, 3.05) is 19.0 Å². The van der Waals surface area contributed by atoms with E-state index in [1.165, 1.54) is 19.2 Å². The molecule has 0 heterocycles. The number of nitrogens with two attached hydrogens (primary N) is 2. The van der Waals surface area contributed by atoms with E-state index in [9.17, 15) is 18.0 Å². The third-order valence-corrected chi connectivity index (χ3v) is 7.03. The number of anilines is 1. The molecule has 0 spiro atoms. The minimum Gasteiger partial charge on any atom is -0.398 e. The van der Waals surface area contributed by atoms with Crippen molar-refractivity contribution in [2.24, 2.45) is 22.4 Å². The number of nitrogens with one attached hydrogen (secondary N) is 1. The molecule has 0 bridgehead atoms. The largest absolute Gasteiger partial charge is 0.398 e. The van der Waals surface area contributed by atoms with Crippen LogP contribution in [0, 0.1) is 23.4 Å². The van der Waals surface area contributed by atoms with Crippen molar-refractivity contribution in [1.82, 2.24) is 0 Å². The summed E-state index contributed by atoms with van der Waals surface area (Å²) in [7, 11) is 1.50. The summed E-state index contributed by atoms with van der Waals surface area (Å²) in [5.74, 6) is -2.47. The van der Waals surface area contributed by atoms with Crippen LogP contribution in [0.25, 0.3) is 5.70 Å². The minimum absolute atomic E-state index is 0.0605. The molecule has 0 aromatic heterocycles. The Bertz CT molecular complexity index is 1270. The van der Waals surface area contributed by atoms with Crippen LogP contribution in [0.3, 0.4) is 0 Å². The number of ketones is 1. The molecule has 38 heavy (non-hydrogen) atoms. The summed E-state index contributed by atoms with van der Waals surface area (Å²) in [6, 6.07) is 8.10. The van der Waals surface area contributed by atoms with Crippen LogP contribution in [0.5, 0.6) is 0 Å². The van der Waals surface area contributed by atoms with Gasteiger partial charge in [0.05, 0.1) is 29.5 Å². The maximum Gasteiger partial charge on any atom is 0.166 e. The highest BCUT2D eigenvalue weighted by Crippen LogP contribution is 2.35. The molecule has 2 saturated carbocycles. The van der Waals surface area contributed by atoms with E-state index in [0.29, 0.717) is 31.4 Å². The van der Waals surface area contributed by atoms with Gasteiger partial charge in [-0.15, -0.1) is 0 Å². The number of Topliss-reactive ketones (excluding diaryl/α,β-unsaturated/α-hetero) is 1. The molecule has 0 aliphatic heterocycles. The molecule has 2 aliphatic rings. The summed E-state index contributed by atoms with van der Waals surface area (Å²) >= 11 is 0. The molecular formula is C29H33F3N4O2. The first-order valence-electron chi connectivity index (χ1n) is 12.7. The van der Waals surface area contributed by atoms with Gasteiger partial charge < -0.3 is 21.5 Å². The summed E-state index contributed by atoms with van der Waals surface area (Å²) in [4.78, 5) is 16.9. The van der Waals surface area contributed by atoms with Gasteiger partial charge in [-0.1, -0.05) is 18.2 Å². The number of carbonyl (C=O) groups is 1. The molecule has 202 valence electrons. The van der Waals surface area contributed by atoms with Crippen LogP contribution in [0.1, 0.15) is 49.7 Å². The Morgan fingerprint density at radius 3 is 2.45 bits per heavy atom. The first kappa shape index (κ1) is 27.4. The highest BCUT2D eigenvalue weighted by atomic mass is 19.1. The first-order valence-corrected chi connectivity index (χ1v) is 12.7. The van der Waals surface area contributed by atoms with Gasteiger partial charge in [0.15, 0.2) is 5.78 Å². The second-order valence-electron chi connectivity index (χ2n) is 9.93. The van der Waals surface area contributed by atoms with E-state index in [-0.39, 0.29) is 53.1 Å². The number of aliphatic imine (C=N–C) groups is 1. The number of rotatable bonds is 9. The zero-order valence-corrected chi connectivity index (χ0v) is 21.4. The minimum atomic E-state index is -0.832. The predicted molar refractivity (Wildman–Crippen MR) is 143 cm³/mol. The zero-order valence-electron chi connectivity index (χ0n) is 21.4. The lowest BCUT2D eigenvalue weighted by molar-refractivity contribution is -0.117. The average Bonchev–Trinajstić information content (AvgIpc) is 3.73. The molecule has 2 fully saturated rings. The summed E-state index contributed by atoms with van der Waals surface area (Å²) in [6.45, 7) is 3.96. The predicted octanol–water partition coefficient (Wildman–Crippen LogP) is 5.08. The summed E-state index contributed by atoms with van der Waals surface area (Å²) in [5, 5.41) is 3.35. The van der Waals surface area contributed by atoms with Crippen LogP contribution < -0.4 is 16.8 Å². The molecule has 2 aliphatic carbocycles. The lowest BCUT2D eigenvalue weighted by Crippen LogP contribution is -2.27. The first-order chi connectivity index (χ1) is 18.2. The molecule has 4 rings (SSSR count). The van der Waals surface area contributed by atoms with E-state index >= 15 is 0 Å². The van der Waals surface area contributed by atoms with Gasteiger partial charge in [-0.3, -0.25) is 9.79 Å². The van der Waals surface area contributed by atoms with Crippen LogP contribution in [-0.2, 0) is 9.53 Å². The van der Waals surface area contributed by atoms with Crippen molar-refractivity contribution in [2.45, 2.75) is 50.7 Å². The molecule has 0 amide bonds. The highest BCUT2D eigenvalue weighted by molar-refractivity contribution is 6.05. The van der Waals surface area contributed by atoms with Gasteiger partial charge in [0.1, 0.15) is 23.3 Å². The van der Waals surface area contributed by atoms with Crippen LogP contribution in [-0.4, -0.2) is 37.4 Å². The van der Waals surface area contributed by atoms with Gasteiger partial charge in [-0.2, -0.15) is 0 Å². The van der Waals surface area contributed by atoms with E-state index in [1.54, 1.807) is 12.1 Å². The number of hydrogen-bond donors (Lipinski definition) is 3. The van der Waals surface area contributed by atoms with Gasteiger partial charge in [0, 0.05) is 30.3 Å². The lowest BCUT2D eigenvalue weighted by Gasteiger charge is -2.23. The highest BCUT2D eigenvalue weighted by Gasteiger charge is 2.34. The molecule has 0 saturated heterocycles. The molecule has 2 unspecified atom stereocenters. The monoisotopic (exact) mass is 526 g/mol. The molecule has 0 radical (unpaired) electrons. The Kier molecular flexibility index (Phi) is 8.56. The van der Waals surface area contributed by atoms with Crippen LogP contribution in [0.4, 0.5) is 18.9 Å². The molecule has 2 aromatic rings. The Labute approximate surface area is 220 Å². The van der Waals surface area contributed by atoms with E-state index in [1.807, 2.05) is 0 Å². The van der Waals surface area contributed by atoms with Gasteiger partial charge >= 0.3 is 0 Å². The number of halogens is 3. The Morgan fingerprint density at radius 1 is 1.11 bits per heavy atom. The number of amidine groups is 1. The maximum atomic E-state index is 14.5. The molecule has 6 nitrogen and oxygen atoms in total. The van der Waals surface area contributed by atoms with E-state index in [0.717, 1.165) is 30.5 Å². The quantitative estimate of drug-likeness (QED) is 0.139. The van der Waals surface area contributed by atoms with Gasteiger partial charge in [0.2, 0.25) is 0 Å². The standard InChI is InChI=1S/C29H33F3N4O2/c1-16-6-9-18(36-19-10-11-21(25(32)14-19)29(34)35-2)13-20(12-16)38-15-22(28(37)17-7-8-17)27(33)26-23(30)4-3-5-24(26)31/h3-5,10-11,14,17-18,20,36H,1,6-9,12-13,15,33H2,2H3,(H2,34,35). The topological polar surface area (TPSA) is 103 Å².